The summed E-state index contributed by atoms with van der Waals surface area (Å²) >= 11 is 0. The number of hydrogen-bond donors (Lipinski definition) is 2. The van der Waals surface area contributed by atoms with Crippen molar-refractivity contribution in [3.63, 3.8) is 0 Å². The number of nitrogens with one attached hydrogen (secondary N) is 1. The number of anilines is 1. The number of likely N-dealkylation sites (tertiary alicyclic amines) is 1. The van der Waals surface area contributed by atoms with E-state index in [1.807, 2.05) is 49.1 Å². The summed E-state index contributed by atoms with van der Waals surface area (Å²) in [7, 11) is 1.59. The first-order valence-corrected chi connectivity index (χ1v) is 16.5. The number of aliphatic carboxylic acids is 1. The normalized spacial score (nSPS) is 20.6. The molecule has 3 aliphatic rings. The minimum atomic E-state index is -0.961. The third-order valence-corrected chi connectivity index (χ3v) is 9.80. The molecule has 2 heterocycles. The van der Waals surface area contributed by atoms with Crippen LogP contribution in [0.2, 0.25) is 0 Å². The lowest BCUT2D eigenvalue weighted by Gasteiger charge is -2.29. The van der Waals surface area contributed by atoms with Crippen molar-refractivity contribution in [2.24, 2.45) is 5.92 Å². The number of methoxy groups -OCH3 is 1. The average Bonchev–Trinajstić information content (AvgIpc) is 3.66. The van der Waals surface area contributed by atoms with Gasteiger partial charge in [0.1, 0.15) is 18.2 Å². The van der Waals surface area contributed by atoms with Crippen LogP contribution in [-0.2, 0) is 27.2 Å². The highest BCUT2D eigenvalue weighted by atomic mass is 19.1. The van der Waals surface area contributed by atoms with Gasteiger partial charge in [-0.3, -0.25) is 14.5 Å². The maximum Gasteiger partial charge on any atom is 0.309 e. The molecule has 10 heteroatoms. The second kappa shape index (κ2) is 14.3. The number of nitrogens with zero attached hydrogens (tertiary/aromatic N) is 1. The van der Waals surface area contributed by atoms with Crippen molar-refractivity contribution >= 4 is 17.6 Å². The summed E-state index contributed by atoms with van der Waals surface area (Å²) in [6, 6.07) is 13.6. The predicted octanol–water partition coefficient (Wildman–Crippen LogP) is 6.45. The lowest BCUT2D eigenvalue weighted by molar-refractivity contribution is -0.143. The van der Waals surface area contributed by atoms with Crippen molar-refractivity contribution < 1.29 is 38.0 Å². The number of hydrogen-bond acceptors (Lipinski definition) is 7. The Hall–Kier alpha value is -4.15. The van der Waals surface area contributed by atoms with Gasteiger partial charge in [-0.05, 0) is 72.6 Å². The maximum absolute atomic E-state index is 14.3. The quantitative estimate of drug-likeness (QED) is 0.204. The fourth-order valence-corrected chi connectivity index (χ4v) is 7.29. The standard InChI is InChI=1S/C37H43FN2O7/c1-4-22-15-26(38)16-23(5-2)34(22)39-32(41)20-40-19-29(25-17-28(24-9-8-10-24)36-31(18-25)46-21-47-36)33(37(42)43)35(40)27-11-6-7-12-30(27)45-14-13-44-3/h6-7,11-12,15-18,24,29,33,35H,4-5,8-10,13-14,19-21H2,1-3H3,(H,39,41)(H,42,43)/t29-,33-,35+/m1/s1. The zero-order chi connectivity index (χ0) is 33.1. The molecule has 47 heavy (non-hydrogen) atoms. The molecule has 0 spiro atoms. The van der Waals surface area contributed by atoms with Crippen LogP contribution in [0, 0.1) is 11.7 Å². The van der Waals surface area contributed by atoms with Crippen LogP contribution in [0.25, 0.3) is 0 Å². The molecule has 250 valence electrons. The van der Waals surface area contributed by atoms with Gasteiger partial charge in [-0.25, -0.2) is 4.39 Å². The van der Waals surface area contributed by atoms with Gasteiger partial charge in [-0.15, -0.1) is 0 Å². The van der Waals surface area contributed by atoms with Crippen molar-refractivity contribution in [3.05, 3.63) is 82.2 Å². The van der Waals surface area contributed by atoms with E-state index in [0.29, 0.717) is 61.3 Å². The summed E-state index contributed by atoms with van der Waals surface area (Å²) in [5.41, 5.74) is 4.67. The summed E-state index contributed by atoms with van der Waals surface area (Å²) in [4.78, 5) is 29.1. The number of para-hydroxylation sites is 1. The van der Waals surface area contributed by atoms with Crippen LogP contribution in [-0.4, -0.2) is 62.1 Å². The van der Waals surface area contributed by atoms with E-state index in [-0.39, 0.29) is 25.1 Å². The molecule has 2 aliphatic heterocycles. The Morgan fingerprint density at radius 3 is 2.43 bits per heavy atom. The Morgan fingerprint density at radius 1 is 1.02 bits per heavy atom. The maximum atomic E-state index is 14.3. The van der Waals surface area contributed by atoms with Gasteiger partial charge in [-0.1, -0.05) is 44.5 Å². The van der Waals surface area contributed by atoms with Crippen molar-refractivity contribution in [2.75, 3.05) is 45.5 Å². The van der Waals surface area contributed by atoms with Crippen LogP contribution in [0.1, 0.15) is 78.8 Å². The van der Waals surface area contributed by atoms with Crippen molar-refractivity contribution in [2.45, 2.75) is 63.8 Å². The predicted molar refractivity (Wildman–Crippen MR) is 175 cm³/mol. The number of ether oxygens (including phenoxy) is 4. The molecule has 0 aromatic heterocycles. The Morgan fingerprint density at radius 2 is 1.77 bits per heavy atom. The number of carbonyl (C=O) groups excluding carboxylic acids is 1. The molecule has 1 saturated carbocycles. The number of rotatable bonds is 13. The van der Waals surface area contributed by atoms with E-state index in [2.05, 4.69) is 11.4 Å². The fraction of sp³-hybridized carbons (Fsp3) is 0.459. The van der Waals surface area contributed by atoms with Crippen molar-refractivity contribution in [3.8, 4) is 17.2 Å². The zero-order valence-corrected chi connectivity index (χ0v) is 27.2. The van der Waals surface area contributed by atoms with Crippen LogP contribution in [0.15, 0.2) is 48.5 Å². The SMILES string of the molecule is CCc1cc(F)cc(CC)c1NC(=O)CN1C[C@H](c2cc3c(c(C4CCC4)c2)OCO3)[C@@H](C(=O)O)[C@@H]1c1ccccc1OCCOC. The van der Waals surface area contributed by atoms with E-state index in [1.165, 1.54) is 12.1 Å². The van der Waals surface area contributed by atoms with Crippen LogP contribution in [0.3, 0.4) is 0 Å². The van der Waals surface area contributed by atoms with E-state index in [4.69, 9.17) is 18.9 Å². The molecule has 3 aromatic carbocycles. The number of amides is 1. The zero-order valence-electron chi connectivity index (χ0n) is 27.2. The number of halogens is 1. The highest BCUT2D eigenvalue weighted by molar-refractivity contribution is 5.94. The van der Waals surface area contributed by atoms with Gasteiger partial charge in [-0.2, -0.15) is 0 Å². The molecule has 3 atom stereocenters. The van der Waals surface area contributed by atoms with E-state index in [9.17, 15) is 19.1 Å². The molecule has 0 unspecified atom stereocenters. The first kappa shape index (κ1) is 32.8. The first-order chi connectivity index (χ1) is 22.8. The summed E-state index contributed by atoms with van der Waals surface area (Å²) in [5.74, 6) is -0.648. The third kappa shape index (κ3) is 6.67. The Balaban J connectivity index is 1.39. The number of fused-ring (bicyclic) bond motifs is 1. The van der Waals surface area contributed by atoms with Crippen LogP contribution >= 0.6 is 0 Å². The average molecular weight is 647 g/mol. The molecule has 1 aliphatic carbocycles. The van der Waals surface area contributed by atoms with Crippen molar-refractivity contribution in [1.29, 1.82) is 0 Å². The van der Waals surface area contributed by atoms with Crippen LogP contribution in [0.5, 0.6) is 17.2 Å². The van der Waals surface area contributed by atoms with Gasteiger partial charge in [0.2, 0.25) is 12.7 Å². The monoisotopic (exact) mass is 646 g/mol. The van der Waals surface area contributed by atoms with Gasteiger partial charge in [0.25, 0.3) is 0 Å². The summed E-state index contributed by atoms with van der Waals surface area (Å²) in [5, 5.41) is 13.9. The van der Waals surface area contributed by atoms with E-state index >= 15 is 0 Å². The molecule has 0 radical (unpaired) electrons. The number of carboxylic acids is 1. The second-order valence-corrected chi connectivity index (χ2v) is 12.5. The molecule has 2 N–H and O–H groups in total. The van der Waals surface area contributed by atoms with Gasteiger partial charge in [0, 0.05) is 36.4 Å². The summed E-state index contributed by atoms with van der Waals surface area (Å²) < 4.78 is 37.3. The highest BCUT2D eigenvalue weighted by Gasteiger charge is 2.49. The Bertz CT molecular complexity index is 1600. The Kier molecular flexibility index (Phi) is 9.98. The van der Waals surface area contributed by atoms with E-state index in [0.717, 1.165) is 47.3 Å². The van der Waals surface area contributed by atoms with Gasteiger partial charge in [0.05, 0.1) is 25.1 Å². The molecular formula is C37H43FN2O7. The third-order valence-electron chi connectivity index (χ3n) is 9.80. The number of benzene rings is 3. The summed E-state index contributed by atoms with van der Waals surface area (Å²) in [6.45, 7) is 4.89. The van der Waals surface area contributed by atoms with Gasteiger partial charge >= 0.3 is 5.97 Å². The highest BCUT2D eigenvalue weighted by Crippen LogP contribution is 2.52. The lowest BCUT2D eigenvalue weighted by atomic mass is 9.76. The van der Waals surface area contributed by atoms with Crippen LogP contribution < -0.4 is 19.5 Å². The molecular weight excluding hydrogens is 603 g/mol. The van der Waals surface area contributed by atoms with Gasteiger partial charge < -0.3 is 29.4 Å². The molecule has 2 fully saturated rings. The van der Waals surface area contributed by atoms with Crippen LogP contribution in [0.4, 0.5) is 10.1 Å². The van der Waals surface area contributed by atoms with E-state index in [1.54, 1.807) is 7.11 Å². The number of carbonyl (C=O) groups is 2. The largest absolute Gasteiger partial charge is 0.491 e. The molecule has 3 aromatic rings. The smallest absolute Gasteiger partial charge is 0.309 e. The number of carboxylic acid groups (broad SMARTS) is 1. The first-order valence-electron chi connectivity index (χ1n) is 16.5. The lowest BCUT2D eigenvalue weighted by Crippen LogP contribution is -2.35. The minimum Gasteiger partial charge on any atom is -0.491 e. The summed E-state index contributed by atoms with van der Waals surface area (Å²) in [6.07, 6.45) is 4.35. The van der Waals surface area contributed by atoms with Crippen molar-refractivity contribution in [1.82, 2.24) is 4.90 Å². The fourth-order valence-electron chi connectivity index (χ4n) is 7.29. The van der Waals surface area contributed by atoms with E-state index < -0.39 is 23.8 Å². The molecule has 6 rings (SSSR count). The molecule has 1 saturated heterocycles. The number of aryl methyl sites for hydroxylation is 2. The topological polar surface area (TPSA) is 107 Å². The second-order valence-electron chi connectivity index (χ2n) is 12.5. The minimum absolute atomic E-state index is 0.0684. The Labute approximate surface area is 275 Å². The molecule has 0 bridgehead atoms. The van der Waals surface area contributed by atoms with Gasteiger partial charge in [0.15, 0.2) is 11.5 Å². The molecule has 1 amide bonds. The molecule has 9 nitrogen and oxygen atoms in total.